The van der Waals surface area contributed by atoms with Crippen LogP contribution in [-0.4, -0.2) is 75.1 Å². The fourth-order valence-electron chi connectivity index (χ4n) is 1.76. The van der Waals surface area contributed by atoms with Gasteiger partial charge >= 0.3 is 0 Å². The summed E-state index contributed by atoms with van der Waals surface area (Å²) in [4.78, 5) is 13.6. The highest BCUT2D eigenvalue weighted by Gasteiger charge is 2.21. The fraction of sp³-hybridized carbons (Fsp3) is 0.909. The maximum absolute atomic E-state index is 12.0. The van der Waals surface area contributed by atoms with Gasteiger partial charge in [-0.2, -0.15) is 0 Å². The molecular weight excluding hydrogens is 224 g/mol. The largest absolute Gasteiger partial charge is 0.395 e. The molecule has 1 aliphatic rings. The molecule has 1 amide bonds. The molecule has 0 aromatic rings. The van der Waals surface area contributed by atoms with Crippen LogP contribution >= 0.6 is 0 Å². The molecule has 1 heterocycles. The van der Waals surface area contributed by atoms with E-state index in [0.717, 1.165) is 6.54 Å². The normalized spacial score (nSPS) is 20.2. The molecule has 2 N–H and O–H groups in total. The van der Waals surface area contributed by atoms with E-state index in [4.69, 9.17) is 14.6 Å². The van der Waals surface area contributed by atoms with Crippen molar-refractivity contribution in [3.8, 4) is 0 Å². The van der Waals surface area contributed by atoms with Crippen LogP contribution in [0.2, 0.25) is 0 Å². The molecule has 0 radical (unpaired) electrons. The van der Waals surface area contributed by atoms with Crippen LogP contribution in [0.4, 0.5) is 0 Å². The second-order valence-corrected chi connectivity index (χ2v) is 4.00. The first-order valence-corrected chi connectivity index (χ1v) is 5.97. The van der Waals surface area contributed by atoms with Gasteiger partial charge in [0.2, 0.25) is 5.91 Å². The Kier molecular flexibility index (Phi) is 7.11. The standard InChI is InChI=1S/C11H22N2O4/c1-16-7-4-13(3-5-14)11(15)8-10-9-12-2-6-17-10/h10,12,14H,2-9H2,1H3. The van der Waals surface area contributed by atoms with Crippen molar-refractivity contribution >= 4 is 5.91 Å². The van der Waals surface area contributed by atoms with Crippen molar-refractivity contribution in [2.24, 2.45) is 0 Å². The van der Waals surface area contributed by atoms with Crippen molar-refractivity contribution in [3.63, 3.8) is 0 Å². The zero-order chi connectivity index (χ0) is 12.5. The molecule has 1 aliphatic heterocycles. The Morgan fingerprint density at radius 2 is 2.41 bits per heavy atom. The lowest BCUT2D eigenvalue weighted by Crippen LogP contribution is -2.43. The number of hydrogen-bond acceptors (Lipinski definition) is 5. The Morgan fingerprint density at radius 1 is 1.59 bits per heavy atom. The summed E-state index contributed by atoms with van der Waals surface area (Å²) < 4.78 is 10.4. The minimum atomic E-state index is -0.0556. The van der Waals surface area contributed by atoms with Crippen molar-refractivity contribution in [3.05, 3.63) is 0 Å². The van der Waals surface area contributed by atoms with Gasteiger partial charge in [0.1, 0.15) is 0 Å². The smallest absolute Gasteiger partial charge is 0.225 e. The number of methoxy groups -OCH3 is 1. The number of nitrogens with zero attached hydrogens (tertiary/aromatic N) is 1. The van der Waals surface area contributed by atoms with Crippen LogP contribution in [0.5, 0.6) is 0 Å². The van der Waals surface area contributed by atoms with Gasteiger partial charge in [0, 0.05) is 33.3 Å². The van der Waals surface area contributed by atoms with Gasteiger partial charge in [-0.1, -0.05) is 0 Å². The van der Waals surface area contributed by atoms with Crippen LogP contribution in [-0.2, 0) is 14.3 Å². The van der Waals surface area contributed by atoms with Gasteiger partial charge in [-0.25, -0.2) is 0 Å². The molecule has 0 saturated carbocycles. The Labute approximate surface area is 102 Å². The second-order valence-electron chi connectivity index (χ2n) is 4.00. The molecule has 6 heteroatoms. The van der Waals surface area contributed by atoms with Crippen LogP contribution in [0, 0.1) is 0 Å². The Hall–Kier alpha value is -0.690. The average Bonchev–Trinajstić information content (AvgIpc) is 2.35. The van der Waals surface area contributed by atoms with Crippen molar-refractivity contribution in [1.82, 2.24) is 10.2 Å². The predicted molar refractivity (Wildman–Crippen MR) is 62.8 cm³/mol. The predicted octanol–water partition coefficient (Wildman–Crippen LogP) is -1.17. The van der Waals surface area contributed by atoms with Gasteiger partial charge in [0.25, 0.3) is 0 Å². The molecule has 1 atom stereocenters. The molecule has 6 nitrogen and oxygen atoms in total. The summed E-state index contributed by atoms with van der Waals surface area (Å²) in [6, 6.07) is 0. The van der Waals surface area contributed by atoms with E-state index in [2.05, 4.69) is 5.32 Å². The lowest BCUT2D eigenvalue weighted by molar-refractivity contribution is -0.135. The molecule has 1 fully saturated rings. The fourth-order valence-corrected chi connectivity index (χ4v) is 1.76. The Morgan fingerprint density at radius 3 is 3.00 bits per heavy atom. The molecule has 1 unspecified atom stereocenters. The van der Waals surface area contributed by atoms with Crippen LogP contribution < -0.4 is 5.32 Å². The van der Waals surface area contributed by atoms with Crippen molar-refractivity contribution < 1.29 is 19.4 Å². The molecule has 0 bridgehead atoms. The number of ether oxygens (including phenoxy) is 2. The number of rotatable bonds is 7. The summed E-state index contributed by atoms with van der Waals surface area (Å²) in [5, 5.41) is 12.1. The van der Waals surface area contributed by atoms with E-state index < -0.39 is 0 Å². The van der Waals surface area contributed by atoms with E-state index in [1.165, 1.54) is 0 Å². The van der Waals surface area contributed by atoms with Gasteiger partial charge in [0.15, 0.2) is 0 Å². The maximum Gasteiger partial charge on any atom is 0.225 e. The van der Waals surface area contributed by atoms with Gasteiger partial charge in [0.05, 0.1) is 32.3 Å². The quantitative estimate of drug-likeness (QED) is 0.592. The van der Waals surface area contributed by atoms with Crippen LogP contribution in [0.15, 0.2) is 0 Å². The molecule has 1 rings (SSSR count). The van der Waals surface area contributed by atoms with E-state index in [1.807, 2.05) is 0 Å². The van der Waals surface area contributed by atoms with Crippen molar-refractivity contribution in [2.75, 3.05) is 53.1 Å². The maximum atomic E-state index is 12.0. The first kappa shape index (κ1) is 14.4. The van der Waals surface area contributed by atoms with Gasteiger partial charge < -0.3 is 24.8 Å². The van der Waals surface area contributed by atoms with E-state index in [1.54, 1.807) is 12.0 Å². The van der Waals surface area contributed by atoms with Gasteiger partial charge in [-0.15, -0.1) is 0 Å². The minimum absolute atomic E-state index is 0.00444. The Bertz CT molecular complexity index is 220. The summed E-state index contributed by atoms with van der Waals surface area (Å²) in [5.41, 5.74) is 0. The number of carbonyl (C=O) groups is 1. The third-order valence-corrected chi connectivity index (χ3v) is 2.69. The number of aliphatic hydroxyl groups excluding tert-OH is 1. The number of morpholine rings is 1. The highest BCUT2D eigenvalue weighted by atomic mass is 16.5. The number of carbonyl (C=O) groups excluding carboxylic acids is 1. The SMILES string of the molecule is COCCN(CCO)C(=O)CC1CNCCO1. The molecule has 0 aromatic carbocycles. The van der Waals surface area contributed by atoms with Crippen molar-refractivity contribution in [2.45, 2.75) is 12.5 Å². The van der Waals surface area contributed by atoms with E-state index in [0.29, 0.717) is 39.3 Å². The molecule has 1 saturated heterocycles. The molecule has 0 aromatic heterocycles. The van der Waals surface area contributed by atoms with E-state index in [-0.39, 0.29) is 18.6 Å². The second kappa shape index (κ2) is 8.41. The van der Waals surface area contributed by atoms with E-state index >= 15 is 0 Å². The van der Waals surface area contributed by atoms with E-state index in [9.17, 15) is 4.79 Å². The first-order valence-electron chi connectivity index (χ1n) is 5.97. The lowest BCUT2D eigenvalue weighted by Gasteiger charge is -2.27. The molecule has 0 spiro atoms. The highest BCUT2D eigenvalue weighted by molar-refractivity contribution is 5.76. The summed E-state index contributed by atoms with van der Waals surface area (Å²) in [6.07, 6.45) is 0.302. The minimum Gasteiger partial charge on any atom is -0.395 e. The topological polar surface area (TPSA) is 71.0 Å². The molecule has 17 heavy (non-hydrogen) atoms. The van der Waals surface area contributed by atoms with Crippen LogP contribution in [0.25, 0.3) is 0 Å². The number of aliphatic hydroxyl groups is 1. The summed E-state index contributed by atoms with van der Waals surface area (Å²) in [7, 11) is 1.59. The van der Waals surface area contributed by atoms with Crippen LogP contribution in [0.3, 0.4) is 0 Å². The number of nitrogens with one attached hydrogen (secondary N) is 1. The third-order valence-electron chi connectivity index (χ3n) is 2.69. The average molecular weight is 246 g/mol. The summed E-state index contributed by atoms with van der Waals surface area (Å²) in [6.45, 7) is 3.51. The van der Waals surface area contributed by atoms with Gasteiger partial charge in [-0.05, 0) is 0 Å². The van der Waals surface area contributed by atoms with Gasteiger partial charge in [-0.3, -0.25) is 4.79 Å². The molecule has 0 aliphatic carbocycles. The lowest BCUT2D eigenvalue weighted by atomic mass is 10.2. The first-order chi connectivity index (χ1) is 8.27. The number of amides is 1. The molecule has 100 valence electrons. The van der Waals surface area contributed by atoms with Crippen LogP contribution in [0.1, 0.15) is 6.42 Å². The summed E-state index contributed by atoms with van der Waals surface area (Å²) in [5.74, 6) is 0.00444. The zero-order valence-corrected chi connectivity index (χ0v) is 10.4. The number of hydrogen-bond donors (Lipinski definition) is 2. The molecular formula is C11H22N2O4. The Balaban J connectivity index is 2.34. The van der Waals surface area contributed by atoms with Crippen molar-refractivity contribution in [1.29, 1.82) is 0 Å². The summed E-state index contributed by atoms with van der Waals surface area (Å²) >= 11 is 0. The zero-order valence-electron chi connectivity index (χ0n) is 10.4. The monoisotopic (exact) mass is 246 g/mol. The highest BCUT2D eigenvalue weighted by Crippen LogP contribution is 2.05. The third kappa shape index (κ3) is 5.45.